The number of hydrogen-bond donors (Lipinski definition) is 0. The molecule has 0 bridgehead atoms. The van der Waals surface area contributed by atoms with Gasteiger partial charge >= 0.3 is 0 Å². The summed E-state index contributed by atoms with van der Waals surface area (Å²) in [4.78, 5) is 13.9. The second kappa shape index (κ2) is 6.59. The first-order chi connectivity index (χ1) is 12.5. The van der Waals surface area contributed by atoms with Crippen LogP contribution in [0.5, 0.6) is 0 Å². The highest BCUT2D eigenvalue weighted by molar-refractivity contribution is 5.41. The number of likely N-dealkylation sites (tertiary alicyclic amines) is 1. The molecule has 0 radical (unpaired) electrons. The minimum Gasteiger partial charge on any atom is -0.376 e. The van der Waals surface area contributed by atoms with Crippen LogP contribution >= 0.6 is 0 Å². The summed E-state index contributed by atoms with van der Waals surface area (Å²) in [6.45, 7) is 6.04. The molecule has 1 fully saturated rings. The van der Waals surface area contributed by atoms with Gasteiger partial charge in [-0.2, -0.15) is 0 Å². The molecular formula is C20H25FN4O. The molecule has 1 saturated heterocycles. The zero-order valence-electron chi connectivity index (χ0n) is 15.6. The van der Waals surface area contributed by atoms with Crippen molar-refractivity contribution in [3.8, 4) is 0 Å². The molecular weight excluding hydrogens is 331 g/mol. The smallest absolute Gasteiger partial charge is 0.225 e. The van der Waals surface area contributed by atoms with E-state index in [1.807, 2.05) is 38.1 Å². The van der Waals surface area contributed by atoms with E-state index in [1.165, 1.54) is 12.1 Å². The maximum Gasteiger partial charge on any atom is 0.225 e. The van der Waals surface area contributed by atoms with E-state index in [2.05, 4.69) is 9.88 Å². The van der Waals surface area contributed by atoms with Crippen molar-refractivity contribution in [1.29, 1.82) is 0 Å². The topological polar surface area (TPSA) is 41.5 Å². The molecule has 1 spiro atoms. The van der Waals surface area contributed by atoms with E-state index < -0.39 is 0 Å². The fourth-order valence-electron chi connectivity index (χ4n) is 4.06. The molecule has 6 heteroatoms. The average molecular weight is 356 g/mol. The number of anilines is 1. The summed E-state index contributed by atoms with van der Waals surface area (Å²) in [5.74, 6) is 0.573. The highest BCUT2D eigenvalue weighted by Gasteiger charge is 2.45. The molecule has 2 aliphatic heterocycles. The van der Waals surface area contributed by atoms with Gasteiger partial charge in [0.1, 0.15) is 5.82 Å². The summed E-state index contributed by atoms with van der Waals surface area (Å²) in [5.41, 5.74) is 4.36. The third-order valence-corrected chi connectivity index (χ3v) is 5.48. The molecule has 4 rings (SSSR count). The number of rotatable bonds is 3. The maximum atomic E-state index is 13.1. The number of benzene rings is 1. The van der Waals surface area contributed by atoms with E-state index in [9.17, 15) is 4.39 Å². The van der Waals surface area contributed by atoms with Crippen LogP contribution in [0.15, 0.2) is 24.3 Å². The van der Waals surface area contributed by atoms with Crippen LogP contribution < -0.4 is 4.90 Å². The van der Waals surface area contributed by atoms with Gasteiger partial charge in [-0.15, -0.1) is 0 Å². The first-order valence-corrected chi connectivity index (χ1v) is 9.07. The summed E-state index contributed by atoms with van der Waals surface area (Å²) in [6.07, 6.45) is 1.02. The Hall–Kier alpha value is -2.05. The van der Waals surface area contributed by atoms with Gasteiger partial charge in [-0.3, -0.25) is 4.90 Å². The summed E-state index contributed by atoms with van der Waals surface area (Å²) in [5, 5.41) is 0. The number of aryl methyl sites for hydroxylation is 1. The minimum atomic E-state index is -0.190. The lowest BCUT2D eigenvalue weighted by Crippen LogP contribution is -2.41. The average Bonchev–Trinajstić information content (AvgIpc) is 3.01. The van der Waals surface area contributed by atoms with Gasteiger partial charge in [0.05, 0.1) is 24.3 Å². The van der Waals surface area contributed by atoms with E-state index in [4.69, 9.17) is 9.72 Å². The van der Waals surface area contributed by atoms with E-state index in [1.54, 1.807) is 0 Å². The summed E-state index contributed by atoms with van der Waals surface area (Å²) < 4.78 is 19.1. The maximum absolute atomic E-state index is 13.1. The predicted octanol–water partition coefficient (Wildman–Crippen LogP) is 2.66. The van der Waals surface area contributed by atoms with Crippen molar-refractivity contribution < 1.29 is 9.13 Å². The van der Waals surface area contributed by atoms with Crippen LogP contribution in [-0.4, -0.2) is 48.7 Å². The number of hydrogen-bond acceptors (Lipinski definition) is 5. The van der Waals surface area contributed by atoms with Crippen molar-refractivity contribution in [2.24, 2.45) is 0 Å². The molecule has 138 valence electrons. The van der Waals surface area contributed by atoms with Crippen molar-refractivity contribution in [1.82, 2.24) is 14.9 Å². The molecule has 2 aromatic rings. The third-order valence-electron chi connectivity index (χ3n) is 5.48. The van der Waals surface area contributed by atoms with Crippen LogP contribution in [0.3, 0.4) is 0 Å². The second-order valence-corrected chi connectivity index (χ2v) is 7.69. The van der Waals surface area contributed by atoms with Gasteiger partial charge in [-0.1, -0.05) is 12.1 Å². The zero-order chi connectivity index (χ0) is 18.3. The summed E-state index contributed by atoms with van der Waals surface area (Å²) in [6, 6.07) is 6.78. The van der Waals surface area contributed by atoms with Crippen molar-refractivity contribution in [3.63, 3.8) is 0 Å². The normalized spacial score (nSPS) is 22.6. The third kappa shape index (κ3) is 3.08. The molecule has 1 atom stereocenters. The SMILES string of the molecule is Cc1nc(N(C)C)nc2c1COC[C@]21CCN(Cc2ccc(F)cc2)C1. The van der Waals surface area contributed by atoms with Crippen LogP contribution in [0, 0.1) is 12.7 Å². The molecule has 0 amide bonds. The molecule has 1 aromatic heterocycles. The van der Waals surface area contributed by atoms with E-state index in [-0.39, 0.29) is 11.2 Å². The monoisotopic (exact) mass is 356 g/mol. The van der Waals surface area contributed by atoms with Gasteiger partial charge in [0.15, 0.2) is 0 Å². The summed E-state index contributed by atoms with van der Waals surface area (Å²) >= 11 is 0. The van der Waals surface area contributed by atoms with Gasteiger partial charge in [0, 0.05) is 38.4 Å². The highest BCUT2D eigenvalue weighted by Crippen LogP contribution is 2.40. The Morgan fingerprint density at radius 1 is 1.23 bits per heavy atom. The van der Waals surface area contributed by atoms with E-state index in [0.717, 1.165) is 54.5 Å². The largest absolute Gasteiger partial charge is 0.376 e. The molecule has 0 N–H and O–H groups in total. The van der Waals surface area contributed by atoms with Crippen LogP contribution in [0.4, 0.5) is 10.3 Å². The Morgan fingerprint density at radius 2 is 2.00 bits per heavy atom. The van der Waals surface area contributed by atoms with E-state index >= 15 is 0 Å². The van der Waals surface area contributed by atoms with Crippen LogP contribution in [0.1, 0.15) is 28.9 Å². The molecule has 5 nitrogen and oxygen atoms in total. The lowest BCUT2D eigenvalue weighted by Gasteiger charge is -2.35. The van der Waals surface area contributed by atoms with E-state index in [0.29, 0.717) is 13.2 Å². The van der Waals surface area contributed by atoms with Crippen molar-refractivity contribution in [3.05, 3.63) is 52.6 Å². The quantitative estimate of drug-likeness (QED) is 0.846. The molecule has 0 unspecified atom stereocenters. The number of fused-ring (bicyclic) bond motifs is 2. The van der Waals surface area contributed by atoms with Crippen LogP contribution in [0.25, 0.3) is 0 Å². The van der Waals surface area contributed by atoms with Crippen molar-refractivity contribution in [2.75, 3.05) is 38.7 Å². The fraction of sp³-hybridized carbons (Fsp3) is 0.500. The number of ether oxygens (including phenoxy) is 1. The molecule has 0 aliphatic carbocycles. The Morgan fingerprint density at radius 3 is 2.73 bits per heavy atom. The number of aromatic nitrogens is 2. The Bertz CT molecular complexity index is 808. The molecule has 0 saturated carbocycles. The van der Waals surface area contributed by atoms with Crippen molar-refractivity contribution in [2.45, 2.75) is 31.9 Å². The first kappa shape index (κ1) is 17.4. The lowest BCUT2D eigenvalue weighted by molar-refractivity contribution is 0.0498. The Labute approximate surface area is 153 Å². The van der Waals surface area contributed by atoms with Gasteiger partial charge in [-0.25, -0.2) is 14.4 Å². The van der Waals surface area contributed by atoms with Crippen LogP contribution in [-0.2, 0) is 23.3 Å². The molecule has 26 heavy (non-hydrogen) atoms. The van der Waals surface area contributed by atoms with Gasteiger partial charge in [0.25, 0.3) is 0 Å². The van der Waals surface area contributed by atoms with Gasteiger partial charge < -0.3 is 9.64 Å². The molecule has 3 heterocycles. The second-order valence-electron chi connectivity index (χ2n) is 7.69. The Kier molecular flexibility index (Phi) is 4.40. The fourth-order valence-corrected chi connectivity index (χ4v) is 4.06. The zero-order valence-corrected chi connectivity index (χ0v) is 15.6. The summed E-state index contributed by atoms with van der Waals surface area (Å²) in [7, 11) is 3.95. The van der Waals surface area contributed by atoms with Gasteiger partial charge in [0.2, 0.25) is 5.95 Å². The highest BCUT2D eigenvalue weighted by atomic mass is 19.1. The lowest BCUT2D eigenvalue weighted by atomic mass is 9.80. The predicted molar refractivity (Wildman–Crippen MR) is 98.7 cm³/mol. The van der Waals surface area contributed by atoms with Gasteiger partial charge in [-0.05, 0) is 37.6 Å². The number of halogens is 1. The molecule has 2 aliphatic rings. The number of nitrogens with zero attached hydrogens (tertiary/aromatic N) is 4. The minimum absolute atomic E-state index is 0.0773. The van der Waals surface area contributed by atoms with Crippen LogP contribution in [0.2, 0.25) is 0 Å². The molecule has 1 aromatic carbocycles. The first-order valence-electron chi connectivity index (χ1n) is 9.07. The van der Waals surface area contributed by atoms with Crippen molar-refractivity contribution >= 4 is 5.95 Å². The Balaban J connectivity index is 1.61. The standard InChI is InChI=1S/C20H25FN4O/c1-14-17-11-26-13-20(18(17)23-19(22-14)24(2)3)8-9-25(12-20)10-15-4-6-16(21)7-5-15/h4-7H,8-13H2,1-3H3/t20-/m1/s1.